The van der Waals surface area contributed by atoms with Gasteiger partial charge in [0.05, 0.1) is 0 Å². The van der Waals surface area contributed by atoms with Gasteiger partial charge in [-0.1, -0.05) is 36.4 Å². The number of benzene rings is 1. The van der Waals surface area contributed by atoms with E-state index in [0.29, 0.717) is 0 Å². The summed E-state index contributed by atoms with van der Waals surface area (Å²) in [4.78, 5) is 0. The summed E-state index contributed by atoms with van der Waals surface area (Å²) < 4.78 is -0.150. The molecule has 0 aromatic heterocycles. The average Bonchev–Trinajstić information content (AvgIpc) is 2.18. The fourth-order valence-electron chi connectivity index (χ4n) is 1.58. The summed E-state index contributed by atoms with van der Waals surface area (Å²) in [5, 5.41) is 0. The van der Waals surface area contributed by atoms with Crippen LogP contribution in [0.25, 0.3) is 0 Å². The molecule has 0 aliphatic heterocycles. The maximum atomic E-state index is 6.21. The zero-order valence-corrected chi connectivity index (χ0v) is 10.6. The number of nitrogens with zero attached hydrogens (tertiary/aromatic N) is 1. The average molecular weight is 245 g/mol. The Balaban J connectivity index is 3.18. The van der Waals surface area contributed by atoms with Gasteiger partial charge in [0.1, 0.15) is 7.05 Å². The van der Waals surface area contributed by atoms with Gasteiger partial charge < -0.3 is 0 Å². The Morgan fingerprint density at radius 1 is 1.33 bits per heavy atom. The molecule has 0 radical (unpaired) electrons. The maximum absolute atomic E-state index is 6.21. The predicted molar refractivity (Wildman–Crippen MR) is 66.5 cm³/mol. The molecular weight excluding hydrogens is 229 g/mol. The monoisotopic (exact) mass is 244 g/mol. The molecule has 1 atom stereocenters. The van der Waals surface area contributed by atoms with Crippen LogP contribution in [0.1, 0.15) is 18.9 Å². The lowest BCUT2D eigenvalue weighted by Crippen LogP contribution is -2.44. The second-order valence-corrected chi connectivity index (χ2v) is 5.45. The number of halogens is 2. The van der Waals surface area contributed by atoms with Crippen LogP contribution in [0.5, 0.6) is 0 Å². The molecule has 0 bridgehead atoms. The fraction of sp³-hybridized carbons (Fsp3) is 0.333. The van der Waals surface area contributed by atoms with Gasteiger partial charge >= 0.3 is 0 Å². The molecule has 82 valence electrons. The zero-order valence-electron chi connectivity index (χ0n) is 9.08. The molecule has 0 aliphatic carbocycles. The lowest BCUT2D eigenvalue weighted by atomic mass is 9.89. The van der Waals surface area contributed by atoms with Gasteiger partial charge in [-0.15, -0.1) is 10.1 Å². The van der Waals surface area contributed by atoms with E-state index in [1.54, 1.807) is 7.05 Å². The van der Waals surface area contributed by atoms with Crippen LogP contribution in [0.2, 0.25) is 0 Å². The Bertz CT molecular complexity index is 329. The van der Waals surface area contributed by atoms with Crippen molar-refractivity contribution >= 4 is 23.6 Å². The maximum Gasteiger partial charge on any atom is 0.187 e. The normalized spacial score (nSPS) is 15.7. The van der Waals surface area contributed by atoms with E-state index in [-0.39, 0.29) is 9.06 Å². The highest BCUT2D eigenvalue weighted by molar-refractivity contribution is 6.23. The van der Waals surface area contributed by atoms with Crippen LogP contribution in [0.3, 0.4) is 0 Å². The first kappa shape index (κ1) is 12.6. The summed E-state index contributed by atoms with van der Waals surface area (Å²) >= 11 is 12.4. The van der Waals surface area contributed by atoms with E-state index >= 15 is 0 Å². The van der Waals surface area contributed by atoms with Crippen molar-refractivity contribution in [2.24, 2.45) is 0 Å². The van der Waals surface area contributed by atoms with E-state index in [2.05, 4.69) is 6.58 Å². The summed E-state index contributed by atoms with van der Waals surface area (Å²) in [5.74, 6) is 0. The van der Waals surface area contributed by atoms with Crippen molar-refractivity contribution in [3.8, 4) is 0 Å². The first-order valence-electron chi connectivity index (χ1n) is 4.84. The van der Waals surface area contributed by atoms with Crippen LogP contribution < -0.4 is 0 Å². The third-order valence-electron chi connectivity index (χ3n) is 2.80. The van der Waals surface area contributed by atoms with E-state index in [4.69, 9.17) is 23.6 Å². The van der Waals surface area contributed by atoms with Gasteiger partial charge in [-0.05, 0) is 6.92 Å². The highest BCUT2D eigenvalue weighted by atomic mass is 35.5. The summed E-state index contributed by atoms with van der Waals surface area (Å²) in [6.07, 6.45) is 2.56. The lowest BCUT2D eigenvalue weighted by molar-refractivity contribution is -0.741. The van der Waals surface area contributed by atoms with E-state index < -0.39 is 0 Å². The highest BCUT2D eigenvalue weighted by Gasteiger charge is 2.44. The summed E-state index contributed by atoms with van der Waals surface area (Å²) in [6.45, 7) is 5.79. The van der Waals surface area contributed by atoms with E-state index in [1.165, 1.54) is 0 Å². The fourth-order valence-corrected chi connectivity index (χ4v) is 1.92. The molecule has 0 saturated heterocycles. The number of rotatable bonds is 4. The minimum atomic E-state index is -0.369. The predicted octanol–water partition coefficient (Wildman–Crippen LogP) is 4.23. The molecule has 0 N–H and O–H groups in total. The van der Waals surface area contributed by atoms with Crippen molar-refractivity contribution in [1.29, 1.82) is 0 Å². The van der Waals surface area contributed by atoms with Crippen LogP contribution in [0, 0.1) is 0 Å². The molecule has 3 heteroatoms. The molecule has 1 aromatic carbocycles. The Kier molecular flexibility index (Phi) is 3.82. The Morgan fingerprint density at radius 2 is 1.87 bits per heavy atom. The number of quaternary nitrogens is 1. The van der Waals surface area contributed by atoms with Crippen molar-refractivity contribution in [2.75, 3.05) is 7.05 Å². The van der Waals surface area contributed by atoms with Gasteiger partial charge in [-0.2, -0.15) is 0 Å². The van der Waals surface area contributed by atoms with E-state index in [0.717, 1.165) is 12.0 Å². The first-order chi connectivity index (χ1) is 6.92. The molecule has 0 saturated carbocycles. The zero-order chi connectivity index (χ0) is 11.5. The van der Waals surface area contributed by atoms with Crippen molar-refractivity contribution in [1.82, 2.24) is 0 Å². The third-order valence-corrected chi connectivity index (χ3v) is 3.55. The second kappa shape index (κ2) is 4.56. The van der Waals surface area contributed by atoms with Crippen molar-refractivity contribution in [3.63, 3.8) is 0 Å². The van der Waals surface area contributed by atoms with Crippen molar-refractivity contribution in [3.05, 3.63) is 48.6 Å². The van der Waals surface area contributed by atoms with Crippen LogP contribution in [-0.4, -0.2) is 10.6 Å². The Hall–Kier alpha value is -0.500. The Morgan fingerprint density at radius 3 is 2.27 bits per heavy atom. The quantitative estimate of drug-likeness (QED) is 0.550. The molecule has 1 nitrogen and oxygen atoms in total. The smallest absolute Gasteiger partial charge is 0.117 e. The van der Waals surface area contributed by atoms with Crippen molar-refractivity contribution < 1.29 is 3.52 Å². The molecule has 15 heavy (non-hydrogen) atoms. The molecule has 0 spiro atoms. The van der Waals surface area contributed by atoms with Gasteiger partial charge in [0.2, 0.25) is 0 Å². The van der Waals surface area contributed by atoms with Gasteiger partial charge in [0, 0.05) is 12.0 Å². The van der Waals surface area contributed by atoms with Crippen LogP contribution in [0.4, 0.5) is 0 Å². The molecule has 1 rings (SSSR count). The summed E-state index contributed by atoms with van der Waals surface area (Å²) in [6, 6.07) is 10.0. The minimum Gasteiger partial charge on any atom is -0.117 e. The van der Waals surface area contributed by atoms with Gasteiger partial charge in [-0.3, -0.25) is 0 Å². The lowest BCUT2D eigenvalue weighted by Gasteiger charge is -2.35. The Labute approximate surface area is 102 Å². The topological polar surface area (TPSA) is 0 Å². The van der Waals surface area contributed by atoms with Crippen LogP contribution in [-0.2, 0) is 5.54 Å². The SMILES string of the molecule is C=CCC(C)(c1ccccc1)[N+](C)(Cl)Cl. The first-order valence-corrected chi connectivity index (χ1v) is 5.52. The summed E-state index contributed by atoms with van der Waals surface area (Å²) in [5.41, 5.74) is 0.740. The number of hydrogen-bond acceptors (Lipinski definition) is 0. The molecular formula is C12H16Cl2N+. The van der Waals surface area contributed by atoms with Crippen LogP contribution >= 0.6 is 23.6 Å². The second-order valence-electron chi connectivity index (χ2n) is 3.93. The number of hydrogen-bond donors (Lipinski definition) is 0. The van der Waals surface area contributed by atoms with E-state index in [1.807, 2.05) is 43.3 Å². The minimum absolute atomic E-state index is 0.150. The standard InChI is InChI=1S/C12H16Cl2N/c1-4-10-12(2,15(3,13)14)11-8-6-5-7-9-11/h4-9H,1,10H2,2-3H3/q+1. The molecule has 0 heterocycles. The molecule has 1 aromatic rings. The molecule has 1 unspecified atom stereocenters. The summed E-state index contributed by atoms with van der Waals surface area (Å²) in [7, 11) is 1.76. The third kappa shape index (κ3) is 2.54. The van der Waals surface area contributed by atoms with Crippen molar-refractivity contribution in [2.45, 2.75) is 18.9 Å². The van der Waals surface area contributed by atoms with Gasteiger partial charge in [0.15, 0.2) is 29.1 Å². The van der Waals surface area contributed by atoms with Crippen LogP contribution in [0.15, 0.2) is 43.0 Å². The van der Waals surface area contributed by atoms with Gasteiger partial charge in [-0.25, -0.2) is 0 Å². The molecule has 0 amide bonds. The molecule has 0 aliphatic rings. The van der Waals surface area contributed by atoms with E-state index in [9.17, 15) is 0 Å². The molecule has 0 fully saturated rings. The largest absolute Gasteiger partial charge is 0.187 e. The highest BCUT2D eigenvalue weighted by Crippen LogP contribution is 2.41. The van der Waals surface area contributed by atoms with Gasteiger partial charge in [0.25, 0.3) is 0 Å².